The number of ether oxygens (including phenoxy) is 2. The minimum absolute atomic E-state index is 0.0179. The van der Waals surface area contributed by atoms with Gasteiger partial charge in [-0.15, -0.1) is 0 Å². The van der Waals surface area contributed by atoms with Crippen LogP contribution in [0.5, 0.6) is 11.5 Å². The van der Waals surface area contributed by atoms with Crippen LogP contribution in [-0.4, -0.2) is 66.6 Å². The maximum absolute atomic E-state index is 10.6. The summed E-state index contributed by atoms with van der Waals surface area (Å²) in [5.74, 6) is 1.78. The molecule has 0 radical (unpaired) electrons. The lowest BCUT2D eigenvalue weighted by atomic mass is 9.89. The number of aliphatic hydroxyl groups is 1. The minimum Gasteiger partial charge on any atom is -0.484 e. The maximum atomic E-state index is 10.6. The van der Waals surface area contributed by atoms with Gasteiger partial charge in [0.2, 0.25) is 0 Å². The average molecular weight is 409 g/mol. The summed E-state index contributed by atoms with van der Waals surface area (Å²) in [5.41, 5.74) is 1.20. The second kappa shape index (κ2) is 10.1. The molecule has 2 aliphatic rings. The van der Waals surface area contributed by atoms with Crippen molar-refractivity contribution in [1.29, 1.82) is 0 Å². The first-order chi connectivity index (χ1) is 14.7. The van der Waals surface area contributed by atoms with Crippen LogP contribution in [0.2, 0.25) is 0 Å². The molecule has 3 unspecified atom stereocenters. The van der Waals surface area contributed by atoms with E-state index in [9.17, 15) is 5.11 Å². The number of nitrogens with zero attached hydrogens (tertiary/aromatic N) is 2. The number of hydrogen-bond donors (Lipinski definition) is 1. The highest BCUT2D eigenvalue weighted by Crippen LogP contribution is 2.32. The molecule has 0 aliphatic carbocycles. The monoisotopic (exact) mass is 408 g/mol. The molecule has 4 rings (SSSR count). The second-order valence-corrected chi connectivity index (χ2v) is 8.03. The molecule has 2 heterocycles. The van der Waals surface area contributed by atoms with Crippen LogP contribution in [-0.2, 0) is 0 Å². The van der Waals surface area contributed by atoms with Gasteiger partial charge in [-0.05, 0) is 37.6 Å². The molecule has 30 heavy (non-hydrogen) atoms. The van der Waals surface area contributed by atoms with Gasteiger partial charge in [-0.3, -0.25) is 4.90 Å². The van der Waals surface area contributed by atoms with Crippen molar-refractivity contribution in [3.8, 4) is 11.5 Å². The summed E-state index contributed by atoms with van der Waals surface area (Å²) in [5, 5.41) is 10.6. The lowest BCUT2D eigenvalue weighted by Gasteiger charge is -2.40. The van der Waals surface area contributed by atoms with Crippen molar-refractivity contribution < 1.29 is 14.6 Å². The molecule has 0 amide bonds. The first kappa shape index (κ1) is 20.9. The summed E-state index contributed by atoms with van der Waals surface area (Å²) in [7, 11) is 0. The van der Waals surface area contributed by atoms with Crippen molar-refractivity contribution in [2.75, 3.05) is 39.3 Å². The Morgan fingerprint density at radius 1 is 1.00 bits per heavy atom. The summed E-state index contributed by atoms with van der Waals surface area (Å²) >= 11 is 0. The molecule has 1 saturated heterocycles. The highest BCUT2D eigenvalue weighted by Gasteiger charge is 2.30. The van der Waals surface area contributed by atoms with Gasteiger partial charge in [0.05, 0.1) is 6.10 Å². The van der Waals surface area contributed by atoms with Gasteiger partial charge < -0.3 is 19.5 Å². The van der Waals surface area contributed by atoms with E-state index >= 15 is 0 Å². The number of aliphatic hydroxyl groups excluding tert-OH is 1. The maximum Gasteiger partial charge on any atom is 0.187 e. The van der Waals surface area contributed by atoms with Gasteiger partial charge in [-0.2, -0.15) is 0 Å². The number of hydrogen-bond acceptors (Lipinski definition) is 5. The van der Waals surface area contributed by atoms with E-state index in [-0.39, 0.29) is 12.1 Å². The van der Waals surface area contributed by atoms with Crippen molar-refractivity contribution in [3.05, 3.63) is 72.3 Å². The van der Waals surface area contributed by atoms with E-state index < -0.39 is 6.10 Å². The first-order valence-corrected chi connectivity index (χ1v) is 11.0. The number of allylic oxidation sites excluding steroid dienone is 1. The Kier molecular flexibility index (Phi) is 7.05. The molecule has 160 valence electrons. The predicted octanol–water partition coefficient (Wildman–Crippen LogP) is 3.51. The zero-order valence-corrected chi connectivity index (χ0v) is 17.7. The van der Waals surface area contributed by atoms with E-state index in [0.29, 0.717) is 6.61 Å². The fourth-order valence-electron chi connectivity index (χ4n) is 4.35. The molecule has 1 N–H and O–H groups in total. The van der Waals surface area contributed by atoms with Crippen molar-refractivity contribution in [3.63, 3.8) is 0 Å². The average Bonchev–Trinajstić information content (AvgIpc) is 2.80. The Morgan fingerprint density at radius 3 is 2.43 bits per heavy atom. The third-order valence-electron chi connectivity index (χ3n) is 6.09. The molecule has 0 saturated carbocycles. The van der Waals surface area contributed by atoms with Gasteiger partial charge in [0.15, 0.2) is 17.7 Å². The fourth-order valence-corrected chi connectivity index (χ4v) is 4.35. The van der Waals surface area contributed by atoms with Gasteiger partial charge in [-0.1, -0.05) is 54.6 Å². The summed E-state index contributed by atoms with van der Waals surface area (Å²) < 4.78 is 12.0. The van der Waals surface area contributed by atoms with Gasteiger partial charge in [0.1, 0.15) is 6.61 Å². The smallest absolute Gasteiger partial charge is 0.187 e. The summed E-state index contributed by atoms with van der Waals surface area (Å²) in [4.78, 5) is 4.86. The van der Waals surface area contributed by atoms with Gasteiger partial charge in [-0.25, -0.2) is 0 Å². The third kappa shape index (κ3) is 5.04. The van der Waals surface area contributed by atoms with Gasteiger partial charge >= 0.3 is 0 Å². The Labute approximate surface area is 179 Å². The Hall–Kier alpha value is -2.34. The third-order valence-corrected chi connectivity index (χ3v) is 6.09. The zero-order valence-electron chi connectivity index (χ0n) is 17.7. The lowest BCUT2D eigenvalue weighted by molar-refractivity contribution is -0.0496. The van der Waals surface area contributed by atoms with Crippen LogP contribution in [0.4, 0.5) is 0 Å². The van der Waals surface area contributed by atoms with E-state index in [1.165, 1.54) is 5.56 Å². The first-order valence-electron chi connectivity index (χ1n) is 11.0. The van der Waals surface area contributed by atoms with E-state index in [1.54, 1.807) is 0 Å². The molecule has 3 atom stereocenters. The van der Waals surface area contributed by atoms with Crippen LogP contribution in [0.15, 0.2) is 66.7 Å². The molecule has 2 aromatic carbocycles. The van der Waals surface area contributed by atoms with Crippen LogP contribution >= 0.6 is 0 Å². The van der Waals surface area contributed by atoms with Crippen molar-refractivity contribution in [2.45, 2.75) is 31.6 Å². The number of fused-ring (bicyclic) bond motifs is 1. The van der Waals surface area contributed by atoms with E-state index in [0.717, 1.165) is 50.6 Å². The standard InChI is InChI=1S/C25H32N2O3/c1-2-8-22(28)21(20-9-4-3-5-10-20)13-14-26-15-17-27(18-16-26)25-19-29-23-11-6-7-12-24(23)30-25/h2-12,21-22,25,28H,13-19H2,1H3. The van der Waals surface area contributed by atoms with Crippen LogP contribution in [0.25, 0.3) is 0 Å². The van der Waals surface area contributed by atoms with Crippen LogP contribution < -0.4 is 9.47 Å². The van der Waals surface area contributed by atoms with E-state index in [2.05, 4.69) is 21.9 Å². The molecule has 2 aliphatic heterocycles. The highest BCUT2D eigenvalue weighted by atomic mass is 16.6. The zero-order chi connectivity index (χ0) is 20.8. The van der Waals surface area contributed by atoms with Crippen LogP contribution in [0.1, 0.15) is 24.8 Å². The molecular weight excluding hydrogens is 376 g/mol. The van der Waals surface area contributed by atoms with Crippen LogP contribution in [0, 0.1) is 0 Å². The quantitative estimate of drug-likeness (QED) is 0.711. The normalized spacial score (nSPS) is 22.1. The molecule has 5 heteroatoms. The SMILES string of the molecule is CC=CC(O)C(CCN1CCN(C2COc3ccccc3O2)CC1)c1ccccc1. The van der Waals surface area contributed by atoms with Crippen molar-refractivity contribution >= 4 is 0 Å². The largest absolute Gasteiger partial charge is 0.484 e. The molecule has 1 fully saturated rings. The number of piperazine rings is 1. The molecule has 2 aromatic rings. The molecule has 0 spiro atoms. The molecule has 5 nitrogen and oxygen atoms in total. The van der Waals surface area contributed by atoms with Crippen LogP contribution in [0.3, 0.4) is 0 Å². The molecule has 0 aromatic heterocycles. The second-order valence-electron chi connectivity index (χ2n) is 8.03. The van der Waals surface area contributed by atoms with E-state index in [4.69, 9.17) is 9.47 Å². The number of rotatable bonds is 7. The predicted molar refractivity (Wildman–Crippen MR) is 119 cm³/mol. The van der Waals surface area contributed by atoms with E-state index in [1.807, 2.05) is 61.5 Å². The van der Waals surface area contributed by atoms with Crippen molar-refractivity contribution in [1.82, 2.24) is 9.80 Å². The van der Waals surface area contributed by atoms with Gasteiger partial charge in [0.25, 0.3) is 0 Å². The number of benzene rings is 2. The summed E-state index contributed by atoms with van der Waals surface area (Å²) in [6.45, 7) is 7.44. The number of para-hydroxylation sites is 2. The fraction of sp³-hybridized carbons (Fsp3) is 0.440. The Balaban J connectivity index is 1.29. The Morgan fingerprint density at radius 2 is 1.70 bits per heavy atom. The Bertz CT molecular complexity index is 818. The highest BCUT2D eigenvalue weighted by molar-refractivity contribution is 5.40. The van der Waals surface area contributed by atoms with Crippen molar-refractivity contribution in [2.24, 2.45) is 0 Å². The minimum atomic E-state index is -0.452. The molecule has 0 bridgehead atoms. The summed E-state index contributed by atoms with van der Waals surface area (Å²) in [6.07, 6.45) is 4.30. The molecular formula is C25H32N2O3. The lowest BCUT2D eigenvalue weighted by Crippen LogP contribution is -2.54. The summed E-state index contributed by atoms with van der Waals surface area (Å²) in [6, 6.07) is 18.2. The topological polar surface area (TPSA) is 45.2 Å². The van der Waals surface area contributed by atoms with Gasteiger partial charge in [0, 0.05) is 32.1 Å².